The lowest BCUT2D eigenvalue weighted by atomic mass is 10.0. The Balaban J connectivity index is 1.26. The van der Waals surface area contributed by atoms with Gasteiger partial charge in [0.25, 0.3) is 0 Å². The third-order valence-electron chi connectivity index (χ3n) is 4.92. The van der Waals surface area contributed by atoms with Crippen molar-refractivity contribution in [1.82, 2.24) is 10.5 Å². The topological polar surface area (TPSA) is 68.3 Å². The minimum absolute atomic E-state index is 0.0605. The van der Waals surface area contributed by atoms with Crippen LogP contribution >= 0.6 is 0 Å². The Bertz CT molecular complexity index is 1280. The molecule has 0 saturated carbocycles. The van der Waals surface area contributed by atoms with E-state index in [1.807, 2.05) is 72.8 Å². The summed E-state index contributed by atoms with van der Waals surface area (Å²) in [7, 11) is 0. The van der Waals surface area contributed by atoms with Crippen molar-refractivity contribution < 1.29 is 13.7 Å². The predicted molar refractivity (Wildman–Crippen MR) is 111 cm³/mol. The van der Waals surface area contributed by atoms with Gasteiger partial charge < -0.3 is 14.3 Å². The summed E-state index contributed by atoms with van der Waals surface area (Å²) in [5.41, 5.74) is 2.44. The lowest BCUT2D eigenvalue weighted by molar-refractivity contribution is -0.120. The standard InChI is InChI=1S/C24H18N2O3/c27-24(13-17-9-5-8-16-6-1-3-10-20(16)17)25-15-19-14-23(29-26-19)22-12-18-7-2-4-11-21(18)28-22/h1-12,14H,13,15H2,(H,25,27). The molecule has 29 heavy (non-hydrogen) atoms. The molecule has 5 rings (SSSR count). The number of nitrogens with zero attached hydrogens (tertiary/aromatic N) is 1. The van der Waals surface area contributed by atoms with Crippen molar-refractivity contribution >= 4 is 27.6 Å². The fourth-order valence-electron chi connectivity index (χ4n) is 3.49. The minimum Gasteiger partial charge on any atom is -0.453 e. The van der Waals surface area contributed by atoms with Gasteiger partial charge in [-0.2, -0.15) is 0 Å². The summed E-state index contributed by atoms with van der Waals surface area (Å²) in [4.78, 5) is 12.4. The third kappa shape index (κ3) is 3.50. The minimum atomic E-state index is -0.0605. The van der Waals surface area contributed by atoms with E-state index < -0.39 is 0 Å². The van der Waals surface area contributed by atoms with Crippen LogP contribution in [0.25, 0.3) is 33.3 Å². The van der Waals surface area contributed by atoms with Gasteiger partial charge in [-0.25, -0.2) is 0 Å². The molecule has 0 saturated heterocycles. The molecule has 142 valence electrons. The van der Waals surface area contributed by atoms with Crippen LogP contribution in [0.5, 0.6) is 0 Å². The van der Waals surface area contributed by atoms with Crippen molar-refractivity contribution in [2.24, 2.45) is 0 Å². The summed E-state index contributed by atoms with van der Waals surface area (Å²) in [5.74, 6) is 1.10. The summed E-state index contributed by atoms with van der Waals surface area (Å²) in [6, 6.07) is 25.5. The number of nitrogens with one attached hydrogen (secondary N) is 1. The van der Waals surface area contributed by atoms with Gasteiger partial charge in [0.05, 0.1) is 13.0 Å². The van der Waals surface area contributed by atoms with Gasteiger partial charge >= 0.3 is 0 Å². The summed E-state index contributed by atoms with van der Waals surface area (Å²) < 4.78 is 11.2. The molecular weight excluding hydrogens is 364 g/mol. The monoisotopic (exact) mass is 382 g/mol. The van der Waals surface area contributed by atoms with E-state index in [4.69, 9.17) is 8.94 Å². The van der Waals surface area contributed by atoms with E-state index in [1.54, 1.807) is 6.07 Å². The number of aromatic nitrogens is 1. The number of carbonyl (C=O) groups is 1. The largest absolute Gasteiger partial charge is 0.453 e. The van der Waals surface area contributed by atoms with E-state index in [2.05, 4.69) is 10.5 Å². The Hall–Kier alpha value is -3.86. The molecule has 5 aromatic rings. The second-order valence-corrected chi connectivity index (χ2v) is 6.92. The Morgan fingerprint density at radius 1 is 0.862 bits per heavy atom. The first-order valence-electron chi connectivity index (χ1n) is 9.44. The van der Waals surface area contributed by atoms with E-state index in [0.717, 1.165) is 27.3 Å². The first kappa shape index (κ1) is 17.3. The van der Waals surface area contributed by atoms with Crippen molar-refractivity contribution in [3.05, 3.63) is 90.1 Å². The van der Waals surface area contributed by atoms with E-state index in [-0.39, 0.29) is 5.91 Å². The molecule has 2 aromatic heterocycles. The van der Waals surface area contributed by atoms with Crippen LogP contribution in [0.1, 0.15) is 11.3 Å². The molecule has 1 amide bonds. The quantitative estimate of drug-likeness (QED) is 0.459. The predicted octanol–water partition coefficient (Wildman–Crippen LogP) is 5.10. The molecule has 0 fully saturated rings. The van der Waals surface area contributed by atoms with Crippen molar-refractivity contribution in [1.29, 1.82) is 0 Å². The van der Waals surface area contributed by atoms with Crippen LogP contribution in [0.3, 0.4) is 0 Å². The summed E-state index contributed by atoms with van der Waals surface area (Å²) in [5, 5.41) is 10.2. The van der Waals surface area contributed by atoms with Crippen LogP contribution in [-0.2, 0) is 17.8 Å². The Kier molecular flexibility index (Phi) is 4.33. The SMILES string of the molecule is O=C(Cc1cccc2ccccc12)NCc1cc(-c2cc3ccccc3o2)on1. The fourth-order valence-corrected chi connectivity index (χ4v) is 3.49. The molecule has 0 aliphatic heterocycles. The van der Waals surface area contributed by atoms with Crippen LogP contribution in [0, 0.1) is 0 Å². The highest BCUT2D eigenvalue weighted by molar-refractivity contribution is 5.90. The maximum atomic E-state index is 12.4. The van der Waals surface area contributed by atoms with Gasteiger partial charge in [0, 0.05) is 11.5 Å². The second kappa shape index (κ2) is 7.28. The Morgan fingerprint density at radius 2 is 1.66 bits per heavy atom. The summed E-state index contributed by atoms with van der Waals surface area (Å²) in [6.07, 6.45) is 0.315. The average molecular weight is 382 g/mol. The summed E-state index contributed by atoms with van der Waals surface area (Å²) in [6.45, 7) is 0.299. The number of furan rings is 1. The average Bonchev–Trinajstić information content (AvgIpc) is 3.39. The number of fused-ring (bicyclic) bond motifs is 2. The molecule has 0 radical (unpaired) electrons. The highest BCUT2D eigenvalue weighted by Gasteiger charge is 2.13. The molecule has 2 heterocycles. The smallest absolute Gasteiger partial charge is 0.224 e. The maximum Gasteiger partial charge on any atom is 0.224 e. The van der Waals surface area contributed by atoms with Crippen LogP contribution in [0.2, 0.25) is 0 Å². The zero-order valence-electron chi connectivity index (χ0n) is 15.6. The van der Waals surface area contributed by atoms with Crippen LogP contribution in [-0.4, -0.2) is 11.1 Å². The van der Waals surface area contributed by atoms with E-state index >= 15 is 0 Å². The number of hydrogen-bond acceptors (Lipinski definition) is 4. The first-order chi connectivity index (χ1) is 14.3. The van der Waals surface area contributed by atoms with Crippen LogP contribution < -0.4 is 5.32 Å². The number of benzene rings is 3. The Labute approximate surface area is 166 Å². The number of carbonyl (C=O) groups excluding carboxylic acids is 1. The maximum absolute atomic E-state index is 12.4. The third-order valence-corrected chi connectivity index (χ3v) is 4.92. The van der Waals surface area contributed by atoms with Crippen LogP contribution in [0.15, 0.2) is 87.8 Å². The normalized spacial score (nSPS) is 11.2. The van der Waals surface area contributed by atoms with Gasteiger partial charge in [0.15, 0.2) is 5.76 Å². The number of para-hydroxylation sites is 1. The Morgan fingerprint density at radius 3 is 2.55 bits per heavy atom. The van der Waals surface area contributed by atoms with Crippen molar-refractivity contribution in [3.63, 3.8) is 0 Å². The molecule has 0 unspecified atom stereocenters. The van der Waals surface area contributed by atoms with Crippen molar-refractivity contribution in [2.45, 2.75) is 13.0 Å². The fraction of sp³-hybridized carbons (Fsp3) is 0.0833. The van der Waals surface area contributed by atoms with Gasteiger partial charge in [-0.3, -0.25) is 4.79 Å². The molecule has 0 aliphatic rings. The van der Waals surface area contributed by atoms with E-state index in [0.29, 0.717) is 30.2 Å². The highest BCUT2D eigenvalue weighted by Crippen LogP contribution is 2.28. The van der Waals surface area contributed by atoms with Gasteiger partial charge in [0.1, 0.15) is 11.3 Å². The number of amides is 1. The summed E-state index contributed by atoms with van der Waals surface area (Å²) >= 11 is 0. The molecule has 0 bridgehead atoms. The molecule has 3 aromatic carbocycles. The molecule has 0 atom stereocenters. The van der Waals surface area contributed by atoms with Gasteiger partial charge in [-0.05, 0) is 28.5 Å². The molecule has 0 spiro atoms. The molecule has 1 N–H and O–H groups in total. The van der Waals surface area contributed by atoms with Crippen molar-refractivity contribution in [3.8, 4) is 11.5 Å². The molecule has 0 aliphatic carbocycles. The molecular formula is C24H18N2O3. The van der Waals surface area contributed by atoms with Gasteiger partial charge in [-0.15, -0.1) is 0 Å². The number of hydrogen-bond donors (Lipinski definition) is 1. The highest BCUT2D eigenvalue weighted by atomic mass is 16.5. The molecule has 5 nitrogen and oxygen atoms in total. The zero-order chi connectivity index (χ0) is 19.6. The van der Waals surface area contributed by atoms with Crippen molar-refractivity contribution in [2.75, 3.05) is 0 Å². The zero-order valence-corrected chi connectivity index (χ0v) is 15.6. The van der Waals surface area contributed by atoms with Crippen LogP contribution in [0.4, 0.5) is 0 Å². The second-order valence-electron chi connectivity index (χ2n) is 6.92. The number of rotatable bonds is 5. The molecule has 5 heteroatoms. The van der Waals surface area contributed by atoms with E-state index in [1.165, 1.54) is 0 Å². The van der Waals surface area contributed by atoms with E-state index in [9.17, 15) is 4.79 Å². The lowest BCUT2D eigenvalue weighted by Gasteiger charge is -2.07. The lowest BCUT2D eigenvalue weighted by Crippen LogP contribution is -2.24. The van der Waals surface area contributed by atoms with Gasteiger partial charge in [0.2, 0.25) is 11.7 Å². The van der Waals surface area contributed by atoms with Gasteiger partial charge in [-0.1, -0.05) is 65.8 Å². The first-order valence-corrected chi connectivity index (χ1v) is 9.44.